The molecule has 4 rings (SSSR count). The number of sulfonamides is 1. The van der Waals surface area contributed by atoms with Gasteiger partial charge in [0.15, 0.2) is 5.69 Å². The van der Waals surface area contributed by atoms with Gasteiger partial charge in [-0.25, -0.2) is 8.42 Å². The van der Waals surface area contributed by atoms with Gasteiger partial charge in [-0.05, 0) is 56.3 Å². The quantitative estimate of drug-likeness (QED) is 0.302. The molecule has 3 aromatic carbocycles. The Labute approximate surface area is 205 Å². The molecule has 0 aliphatic carbocycles. The Kier molecular flexibility index (Phi) is 6.54. The van der Waals surface area contributed by atoms with Crippen LogP contribution in [0.1, 0.15) is 11.1 Å². The van der Waals surface area contributed by atoms with Gasteiger partial charge in [0, 0.05) is 9.86 Å². The average Bonchev–Trinajstić information content (AvgIpc) is 3.11. The maximum Gasteiger partial charge on any atom is 0.285 e. The molecule has 0 aliphatic heterocycles. The van der Waals surface area contributed by atoms with E-state index in [0.29, 0.717) is 16.6 Å². The van der Waals surface area contributed by atoms with Crippen molar-refractivity contribution in [3.05, 3.63) is 82.3 Å². The molecule has 2 N–H and O–H groups in total. The number of aromatic amines is 1. The molecule has 0 bridgehead atoms. The van der Waals surface area contributed by atoms with Crippen molar-refractivity contribution >= 4 is 54.1 Å². The van der Waals surface area contributed by atoms with Crippen LogP contribution in [-0.4, -0.2) is 31.0 Å². The number of aromatic nitrogens is 1. The van der Waals surface area contributed by atoms with Crippen molar-refractivity contribution in [2.24, 2.45) is 10.2 Å². The molecule has 0 radical (unpaired) electrons. The van der Waals surface area contributed by atoms with Gasteiger partial charge in [-0.1, -0.05) is 51.3 Å². The largest absolute Gasteiger partial charge is 0.493 e. The third-order valence-corrected chi connectivity index (χ3v) is 7.47. The van der Waals surface area contributed by atoms with Crippen molar-refractivity contribution in [3.8, 4) is 5.88 Å². The number of carbonyl (C=O) groups excluding carboxylic acids is 1. The van der Waals surface area contributed by atoms with E-state index in [1.165, 1.54) is 12.1 Å². The molecule has 1 aromatic heterocycles. The zero-order valence-corrected chi connectivity index (χ0v) is 20.8. The summed E-state index contributed by atoms with van der Waals surface area (Å²) in [6, 6.07) is 18.4. The van der Waals surface area contributed by atoms with Gasteiger partial charge in [0.2, 0.25) is 5.88 Å². The number of rotatable bonds is 6. The fourth-order valence-corrected chi connectivity index (χ4v) is 5.14. The van der Waals surface area contributed by atoms with Gasteiger partial charge in [0.05, 0.1) is 16.1 Å². The van der Waals surface area contributed by atoms with E-state index in [1.54, 1.807) is 54.6 Å². The van der Waals surface area contributed by atoms with Gasteiger partial charge >= 0.3 is 0 Å². The summed E-state index contributed by atoms with van der Waals surface area (Å²) in [4.78, 5) is 15.6. The Bertz CT molecular complexity index is 1490. The van der Waals surface area contributed by atoms with Crippen LogP contribution in [0.15, 0.2) is 86.3 Å². The molecular weight excluding hydrogens is 520 g/mol. The zero-order valence-electron chi connectivity index (χ0n) is 18.4. The Morgan fingerprint density at radius 1 is 1.00 bits per heavy atom. The summed E-state index contributed by atoms with van der Waals surface area (Å²) in [5.74, 6) is -1.03. The van der Waals surface area contributed by atoms with Gasteiger partial charge in [0.25, 0.3) is 15.9 Å². The topological polar surface area (TPSA) is 115 Å². The Morgan fingerprint density at radius 2 is 1.62 bits per heavy atom. The second kappa shape index (κ2) is 9.40. The predicted molar refractivity (Wildman–Crippen MR) is 134 cm³/mol. The van der Waals surface area contributed by atoms with Crippen LogP contribution in [0.4, 0.5) is 11.4 Å². The highest BCUT2D eigenvalue weighted by Crippen LogP contribution is 2.37. The van der Waals surface area contributed by atoms with Crippen LogP contribution in [0, 0.1) is 13.8 Å². The monoisotopic (exact) mass is 540 g/mol. The summed E-state index contributed by atoms with van der Waals surface area (Å²) in [5, 5.41) is 18.4. The molecule has 0 fully saturated rings. The number of aryl methyl sites for hydroxylation is 2. The van der Waals surface area contributed by atoms with Crippen LogP contribution in [0.25, 0.3) is 10.9 Å². The average molecular weight is 541 g/mol. The lowest BCUT2D eigenvalue weighted by Gasteiger charge is -2.23. The number of carbonyl (C=O) groups is 1. The molecule has 4 aromatic rings. The minimum absolute atomic E-state index is 0.0579. The minimum Gasteiger partial charge on any atom is -0.493 e. The third-order valence-electron chi connectivity index (χ3n) is 5.19. The Balaban J connectivity index is 1.67. The van der Waals surface area contributed by atoms with Crippen molar-refractivity contribution in [3.63, 3.8) is 0 Å². The molecular formula is C24H21BrN4O4S. The number of hydrogen-bond donors (Lipinski definition) is 2. The fourth-order valence-electron chi connectivity index (χ4n) is 3.36. The smallest absolute Gasteiger partial charge is 0.285 e. The van der Waals surface area contributed by atoms with Gasteiger partial charge in [-0.3, -0.25) is 9.10 Å². The summed E-state index contributed by atoms with van der Waals surface area (Å²) < 4.78 is 28.6. The Morgan fingerprint density at radius 3 is 2.26 bits per heavy atom. The maximum absolute atomic E-state index is 13.4. The number of hydrogen-bond acceptors (Lipinski definition) is 5. The number of anilines is 1. The standard InChI is InChI=1S/C24H21BrN4O4S/c1-15-3-8-18(9-4-15)29(34(32,33)19-10-5-16(2)6-11-19)14-22(30)27-28-23-20-13-17(25)7-12-21(20)26-24(23)31/h3-13,26,31H,14H2,1-2H3. The molecule has 0 saturated heterocycles. The third kappa shape index (κ3) is 4.87. The number of aromatic hydroxyl groups is 1. The number of azo groups is 1. The van der Waals surface area contributed by atoms with E-state index in [4.69, 9.17) is 0 Å². The first-order valence-corrected chi connectivity index (χ1v) is 12.5. The van der Waals surface area contributed by atoms with E-state index in [9.17, 15) is 18.3 Å². The van der Waals surface area contributed by atoms with E-state index >= 15 is 0 Å². The van der Waals surface area contributed by atoms with E-state index < -0.39 is 22.5 Å². The SMILES string of the molecule is Cc1ccc(N(CC(=O)N=Nc2c(O)[nH]c3ccc(Br)cc23)S(=O)(=O)c2ccc(C)cc2)cc1. The highest BCUT2D eigenvalue weighted by atomic mass is 79.9. The number of H-pyrrole nitrogens is 1. The fraction of sp³-hybridized carbons (Fsp3) is 0.125. The minimum atomic E-state index is -4.05. The number of fused-ring (bicyclic) bond motifs is 1. The van der Waals surface area contributed by atoms with Crippen LogP contribution in [0.3, 0.4) is 0 Å². The maximum atomic E-state index is 13.4. The zero-order chi connectivity index (χ0) is 24.5. The molecule has 34 heavy (non-hydrogen) atoms. The van der Waals surface area contributed by atoms with Gasteiger partial charge in [-0.15, -0.1) is 10.2 Å². The van der Waals surface area contributed by atoms with Crippen molar-refractivity contribution < 1.29 is 18.3 Å². The summed E-state index contributed by atoms with van der Waals surface area (Å²) >= 11 is 3.36. The number of benzene rings is 3. The van der Waals surface area contributed by atoms with Crippen molar-refractivity contribution in [2.45, 2.75) is 18.7 Å². The summed E-state index contributed by atoms with van der Waals surface area (Å²) in [6.07, 6.45) is 0. The number of amides is 1. The van der Waals surface area contributed by atoms with Crippen molar-refractivity contribution in [1.82, 2.24) is 4.98 Å². The molecule has 0 atom stereocenters. The summed E-state index contributed by atoms with van der Waals surface area (Å²) in [7, 11) is -4.05. The van der Waals surface area contributed by atoms with Crippen molar-refractivity contribution in [2.75, 3.05) is 10.8 Å². The Hall–Kier alpha value is -3.50. The molecule has 8 nitrogen and oxygen atoms in total. The van der Waals surface area contributed by atoms with Gasteiger partial charge in [-0.2, -0.15) is 0 Å². The number of nitrogens with zero attached hydrogens (tertiary/aromatic N) is 3. The number of halogens is 1. The predicted octanol–water partition coefficient (Wildman–Crippen LogP) is 5.76. The molecule has 10 heteroatoms. The van der Waals surface area contributed by atoms with Gasteiger partial charge in [0.1, 0.15) is 6.54 Å². The van der Waals surface area contributed by atoms with E-state index in [-0.39, 0.29) is 16.5 Å². The first-order chi connectivity index (χ1) is 16.1. The molecule has 0 spiro atoms. The first-order valence-electron chi connectivity index (χ1n) is 10.3. The highest BCUT2D eigenvalue weighted by molar-refractivity contribution is 9.10. The lowest BCUT2D eigenvalue weighted by molar-refractivity contribution is -0.116. The van der Waals surface area contributed by atoms with Crippen LogP contribution in [0.5, 0.6) is 5.88 Å². The van der Waals surface area contributed by atoms with Crippen LogP contribution in [0.2, 0.25) is 0 Å². The second-order valence-electron chi connectivity index (χ2n) is 7.77. The van der Waals surface area contributed by atoms with Gasteiger partial charge < -0.3 is 10.1 Å². The first kappa shape index (κ1) is 23.7. The van der Waals surface area contributed by atoms with Crippen molar-refractivity contribution in [1.29, 1.82) is 0 Å². The normalized spacial score (nSPS) is 11.9. The molecule has 1 amide bonds. The van der Waals surface area contributed by atoms with Crippen LogP contribution in [-0.2, 0) is 14.8 Å². The van der Waals surface area contributed by atoms with Crippen LogP contribution < -0.4 is 4.31 Å². The van der Waals surface area contributed by atoms with E-state index in [1.807, 2.05) is 13.8 Å². The summed E-state index contributed by atoms with van der Waals surface area (Å²) in [5.41, 5.74) is 2.89. The second-order valence-corrected chi connectivity index (χ2v) is 10.5. The molecule has 174 valence electrons. The molecule has 1 heterocycles. The van der Waals surface area contributed by atoms with E-state index in [0.717, 1.165) is 19.9 Å². The molecule has 0 saturated carbocycles. The van der Waals surface area contributed by atoms with Crippen LogP contribution >= 0.6 is 15.9 Å². The lowest BCUT2D eigenvalue weighted by Crippen LogP contribution is -2.35. The molecule has 0 aliphatic rings. The highest BCUT2D eigenvalue weighted by Gasteiger charge is 2.27. The number of nitrogens with one attached hydrogen (secondary N) is 1. The lowest BCUT2D eigenvalue weighted by atomic mass is 10.2. The summed E-state index contributed by atoms with van der Waals surface area (Å²) in [6.45, 7) is 3.18. The van der Waals surface area contributed by atoms with E-state index in [2.05, 4.69) is 31.1 Å². The molecule has 0 unspecified atom stereocenters.